The lowest BCUT2D eigenvalue weighted by atomic mass is 10.2. The lowest BCUT2D eigenvalue weighted by Crippen LogP contribution is -2.21. The summed E-state index contributed by atoms with van der Waals surface area (Å²) in [6, 6.07) is 11.2. The van der Waals surface area contributed by atoms with Gasteiger partial charge < -0.3 is 25.3 Å². The summed E-state index contributed by atoms with van der Waals surface area (Å²) in [4.78, 5) is 23.7. The summed E-state index contributed by atoms with van der Waals surface area (Å²) in [5.74, 6) is -0.0190. The van der Waals surface area contributed by atoms with Crippen molar-refractivity contribution in [2.24, 2.45) is 0 Å². The number of hydrogen-bond acceptors (Lipinski definition) is 6. The Kier molecular flexibility index (Phi) is 5.62. The highest BCUT2D eigenvalue weighted by Crippen LogP contribution is 2.25. The van der Waals surface area contributed by atoms with Gasteiger partial charge in [0, 0.05) is 29.6 Å². The van der Waals surface area contributed by atoms with Gasteiger partial charge >= 0.3 is 5.97 Å². The van der Waals surface area contributed by atoms with Crippen LogP contribution in [-0.4, -0.2) is 32.7 Å². The second-order valence-corrected chi connectivity index (χ2v) is 4.85. The fourth-order valence-electron chi connectivity index (χ4n) is 1.91. The third-order valence-electron chi connectivity index (χ3n) is 3.12. The van der Waals surface area contributed by atoms with Crippen LogP contribution in [0.1, 0.15) is 10.4 Å². The number of nitrogens with one attached hydrogen (secondary N) is 1. The number of rotatable bonds is 6. The number of carbonyl (C=O) groups is 2. The highest BCUT2D eigenvalue weighted by molar-refractivity contribution is 5.95. The Balaban J connectivity index is 1.93. The zero-order valence-corrected chi connectivity index (χ0v) is 13.4. The second-order valence-electron chi connectivity index (χ2n) is 4.85. The maximum Gasteiger partial charge on any atom is 0.338 e. The van der Waals surface area contributed by atoms with Gasteiger partial charge in [-0.15, -0.1) is 0 Å². The van der Waals surface area contributed by atoms with Gasteiger partial charge in [-0.3, -0.25) is 4.79 Å². The first-order chi connectivity index (χ1) is 11.5. The van der Waals surface area contributed by atoms with E-state index < -0.39 is 18.5 Å². The van der Waals surface area contributed by atoms with Crippen molar-refractivity contribution in [3.05, 3.63) is 48.0 Å². The Hall–Kier alpha value is -3.22. The Labute approximate surface area is 139 Å². The molecule has 0 fully saturated rings. The van der Waals surface area contributed by atoms with Crippen molar-refractivity contribution in [2.45, 2.75) is 0 Å². The Morgan fingerprint density at radius 3 is 2.12 bits per heavy atom. The molecule has 126 valence electrons. The van der Waals surface area contributed by atoms with Gasteiger partial charge in [-0.25, -0.2) is 4.79 Å². The number of anilines is 2. The number of carbonyl (C=O) groups excluding carboxylic acids is 2. The highest BCUT2D eigenvalue weighted by atomic mass is 16.5. The van der Waals surface area contributed by atoms with E-state index in [2.05, 4.69) is 5.32 Å². The third kappa shape index (κ3) is 4.64. The molecular weight excluding hydrogens is 312 g/mol. The Bertz CT molecular complexity index is 706. The van der Waals surface area contributed by atoms with Crippen molar-refractivity contribution in [3.63, 3.8) is 0 Å². The average molecular weight is 330 g/mol. The second kappa shape index (κ2) is 7.87. The van der Waals surface area contributed by atoms with Crippen LogP contribution in [0, 0.1) is 0 Å². The fraction of sp³-hybridized carbons (Fsp3) is 0.176. The molecule has 0 heterocycles. The van der Waals surface area contributed by atoms with Crippen LogP contribution < -0.4 is 20.5 Å². The maximum atomic E-state index is 11.9. The molecule has 24 heavy (non-hydrogen) atoms. The SMILES string of the molecule is COc1cc(NC(=O)COC(=O)c2ccc(N)cc2)cc(OC)c1. The van der Waals surface area contributed by atoms with Crippen molar-refractivity contribution in [1.82, 2.24) is 0 Å². The number of nitrogens with two attached hydrogens (primary N) is 1. The van der Waals surface area contributed by atoms with E-state index in [1.165, 1.54) is 26.4 Å². The van der Waals surface area contributed by atoms with Crippen molar-refractivity contribution in [2.75, 3.05) is 31.9 Å². The minimum Gasteiger partial charge on any atom is -0.497 e. The zero-order valence-electron chi connectivity index (χ0n) is 13.4. The predicted octanol–water partition coefficient (Wildman–Crippen LogP) is 2.08. The molecule has 7 nitrogen and oxygen atoms in total. The summed E-state index contributed by atoms with van der Waals surface area (Å²) in [6.45, 7) is -0.414. The van der Waals surface area contributed by atoms with Crippen LogP contribution in [0.25, 0.3) is 0 Å². The summed E-state index contributed by atoms with van der Waals surface area (Å²) in [5.41, 5.74) is 6.88. The molecule has 0 bridgehead atoms. The fourth-order valence-corrected chi connectivity index (χ4v) is 1.91. The smallest absolute Gasteiger partial charge is 0.338 e. The number of amides is 1. The molecule has 0 radical (unpaired) electrons. The van der Waals surface area contributed by atoms with Crippen molar-refractivity contribution >= 4 is 23.3 Å². The van der Waals surface area contributed by atoms with Crippen LogP contribution in [0.15, 0.2) is 42.5 Å². The van der Waals surface area contributed by atoms with Gasteiger partial charge in [0.25, 0.3) is 5.91 Å². The first-order valence-electron chi connectivity index (χ1n) is 7.07. The van der Waals surface area contributed by atoms with E-state index in [9.17, 15) is 9.59 Å². The molecule has 0 aliphatic carbocycles. The van der Waals surface area contributed by atoms with Gasteiger partial charge in [0.2, 0.25) is 0 Å². The van der Waals surface area contributed by atoms with Gasteiger partial charge in [0.15, 0.2) is 6.61 Å². The molecule has 0 saturated carbocycles. The lowest BCUT2D eigenvalue weighted by molar-refractivity contribution is -0.119. The Morgan fingerprint density at radius 1 is 1.00 bits per heavy atom. The molecule has 3 N–H and O–H groups in total. The van der Waals surface area contributed by atoms with Gasteiger partial charge in [0.05, 0.1) is 19.8 Å². The van der Waals surface area contributed by atoms with Crippen LogP contribution >= 0.6 is 0 Å². The molecule has 2 aromatic rings. The van der Waals surface area contributed by atoms with E-state index in [4.69, 9.17) is 19.9 Å². The lowest BCUT2D eigenvalue weighted by Gasteiger charge is -2.10. The van der Waals surface area contributed by atoms with Gasteiger partial charge in [-0.2, -0.15) is 0 Å². The number of ether oxygens (including phenoxy) is 3. The van der Waals surface area contributed by atoms with Crippen molar-refractivity contribution < 1.29 is 23.8 Å². The van der Waals surface area contributed by atoms with Gasteiger partial charge in [-0.05, 0) is 24.3 Å². The van der Waals surface area contributed by atoms with Crippen LogP contribution in [-0.2, 0) is 9.53 Å². The minimum absolute atomic E-state index is 0.319. The monoisotopic (exact) mass is 330 g/mol. The first-order valence-corrected chi connectivity index (χ1v) is 7.07. The normalized spacial score (nSPS) is 9.92. The number of hydrogen-bond donors (Lipinski definition) is 2. The highest BCUT2D eigenvalue weighted by Gasteiger charge is 2.11. The number of methoxy groups -OCH3 is 2. The summed E-state index contributed by atoms with van der Waals surface area (Å²) < 4.78 is 15.2. The summed E-state index contributed by atoms with van der Waals surface area (Å²) >= 11 is 0. The van der Waals surface area contributed by atoms with Crippen molar-refractivity contribution in [3.8, 4) is 11.5 Å². The molecular formula is C17H18N2O5. The largest absolute Gasteiger partial charge is 0.497 e. The first kappa shape index (κ1) is 17.1. The van der Waals surface area contributed by atoms with E-state index in [0.29, 0.717) is 28.4 Å². The summed E-state index contributed by atoms with van der Waals surface area (Å²) in [6.07, 6.45) is 0. The van der Waals surface area contributed by atoms with E-state index in [-0.39, 0.29) is 0 Å². The molecule has 0 aromatic heterocycles. The van der Waals surface area contributed by atoms with E-state index in [0.717, 1.165) is 0 Å². The predicted molar refractivity (Wildman–Crippen MR) is 89.3 cm³/mol. The molecule has 1 amide bonds. The molecule has 0 saturated heterocycles. The standard InChI is InChI=1S/C17H18N2O5/c1-22-14-7-13(8-15(9-14)23-2)19-16(20)10-24-17(21)11-3-5-12(18)6-4-11/h3-9H,10,18H2,1-2H3,(H,19,20). The quantitative estimate of drug-likeness (QED) is 0.621. The zero-order chi connectivity index (χ0) is 17.5. The van der Waals surface area contributed by atoms with Crippen molar-refractivity contribution in [1.29, 1.82) is 0 Å². The van der Waals surface area contributed by atoms with Crippen LogP contribution in [0.2, 0.25) is 0 Å². The number of benzene rings is 2. The van der Waals surface area contributed by atoms with Gasteiger partial charge in [-0.1, -0.05) is 0 Å². The van der Waals surface area contributed by atoms with Crippen LogP contribution in [0.4, 0.5) is 11.4 Å². The molecule has 7 heteroatoms. The maximum absolute atomic E-state index is 11.9. The van der Waals surface area contributed by atoms with E-state index in [1.807, 2.05) is 0 Å². The number of esters is 1. The summed E-state index contributed by atoms with van der Waals surface area (Å²) in [5, 5.41) is 2.61. The molecule has 0 aliphatic rings. The average Bonchev–Trinajstić information content (AvgIpc) is 2.59. The molecule has 2 aromatic carbocycles. The van der Waals surface area contributed by atoms with E-state index >= 15 is 0 Å². The summed E-state index contributed by atoms with van der Waals surface area (Å²) in [7, 11) is 3.02. The minimum atomic E-state index is -0.603. The van der Waals surface area contributed by atoms with Crippen LogP contribution in [0.5, 0.6) is 11.5 Å². The topological polar surface area (TPSA) is 99.9 Å². The molecule has 2 rings (SSSR count). The molecule has 0 aliphatic heterocycles. The molecule has 0 spiro atoms. The Morgan fingerprint density at radius 2 is 1.58 bits per heavy atom. The van der Waals surface area contributed by atoms with Gasteiger partial charge in [0.1, 0.15) is 11.5 Å². The third-order valence-corrected chi connectivity index (χ3v) is 3.12. The van der Waals surface area contributed by atoms with Crippen LogP contribution in [0.3, 0.4) is 0 Å². The number of nitrogen functional groups attached to an aromatic ring is 1. The molecule has 0 unspecified atom stereocenters. The molecule has 0 atom stereocenters. The van der Waals surface area contributed by atoms with E-state index in [1.54, 1.807) is 30.3 Å².